The Kier molecular flexibility index (Phi) is 8.85. The highest BCUT2D eigenvalue weighted by Crippen LogP contribution is 2.29. The molecule has 1 saturated carbocycles. The van der Waals surface area contributed by atoms with Crippen LogP contribution in [-0.2, 0) is 19.1 Å². The molecule has 1 aliphatic heterocycles. The normalized spacial score (nSPS) is 24.4. The van der Waals surface area contributed by atoms with Crippen molar-refractivity contribution in [1.29, 1.82) is 0 Å². The summed E-state index contributed by atoms with van der Waals surface area (Å²) < 4.78 is 5.65. The van der Waals surface area contributed by atoms with E-state index >= 15 is 0 Å². The zero-order chi connectivity index (χ0) is 22.8. The Balaban J connectivity index is 1.68. The molecule has 2 aliphatic rings. The molecule has 0 bridgehead atoms. The van der Waals surface area contributed by atoms with E-state index in [1.165, 1.54) is 0 Å². The second kappa shape index (κ2) is 11.8. The van der Waals surface area contributed by atoms with Crippen molar-refractivity contribution < 1.29 is 24.2 Å². The van der Waals surface area contributed by atoms with Gasteiger partial charge in [-0.05, 0) is 37.7 Å². The van der Waals surface area contributed by atoms with E-state index in [1.807, 2.05) is 42.5 Å². The van der Waals surface area contributed by atoms with Gasteiger partial charge in [-0.25, -0.2) is 0 Å². The molecule has 7 nitrogen and oxygen atoms in total. The Morgan fingerprint density at radius 1 is 1.12 bits per heavy atom. The van der Waals surface area contributed by atoms with Crippen LogP contribution in [0, 0.1) is 5.92 Å². The second-order valence-corrected chi connectivity index (χ2v) is 8.83. The number of ether oxygens (including phenoxy) is 1. The summed E-state index contributed by atoms with van der Waals surface area (Å²) in [7, 11) is 0. The highest BCUT2D eigenvalue weighted by molar-refractivity contribution is 5.86. The monoisotopic (exact) mass is 442 g/mol. The molecule has 1 aromatic rings. The number of allylic oxidation sites excluding steroid dienone is 2. The standard InChI is InChI=1S/C25H34N2O5/c28-18-25(14-8-9-15-25)27-22(29)16-20-12-4-1-2-7-13-23(30)32-21(17-26-24(20)31)19-10-5-3-6-11-19/h1,3-6,10-11,20-21,28H,2,7-9,12-18H2,(H,26,31)(H,27,29)/t20-,21+/m1/s1. The van der Waals surface area contributed by atoms with Crippen molar-refractivity contribution in [2.75, 3.05) is 13.2 Å². The molecule has 7 heteroatoms. The van der Waals surface area contributed by atoms with Crippen molar-refractivity contribution in [2.24, 2.45) is 5.92 Å². The average Bonchev–Trinajstić information content (AvgIpc) is 3.26. The quantitative estimate of drug-likeness (QED) is 0.480. The smallest absolute Gasteiger partial charge is 0.306 e. The number of hydrogen-bond acceptors (Lipinski definition) is 5. The Morgan fingerprint density at radius 2 is 1.88 bits per heavy atom. The highest BCUT2D eigenvalue weighted by atomic mass is 16.5. The van der Waals surface area contributed by atoms with Crippen LogP contribution in [0.25, 0.3) is 0 Å². The molecule has 0 saturated heterocycles. The molecule has 2 atom stereocenters. The van der Waals surface area contributed by atoms with Crippen LogP contribution < -0.4 is 10.6 Å². The van der Waals surface area contributed by atoms with Gasteiger partial charge in [-0.2, -0.15) is 0 Å². The number of nitrogens with one attached hydrogen (secondary N) is 2. The number of benzene rings is 1. The number of rotatable bonds is 5. The first kappa shape index (κ1) is 24.0. The van der Waals surface area contributed by atoms with Crippen LogP contribution in [-0.4, -0.2) is 41.6 Å². The van der Waals surface area contributed by atoms with Gasteiger partial charge in [0, 0.05) is 12.8 Å². The summed E-state index contributed by atoms with van der Waals surface area (Å²) >= 11 is 0. The van der Waals surface area contributed by atoms with Crippen LogP contribution in [0.1, 0.15) is 69.5 Å². The van der Waals surface area contributed by atoms with Gasteiger partial charge < -0.3 is 20.5 Å². The Labute approximate surface area is 189 Å². The summed E-state index contributed by atoms with van der Waals surface area (Å²) in [6.45, 7) is 0.0661. The lowest BCUT2D eigenvalue weighted by molar-refractivity contribution is -0.150. The third-order valence-electron chi connectivity index (χ3n) is 6.32. The predicted molar refractivity (Wildman–Crippen MR) is 120 cm³/mol. The number of esters is 1. The number of hydrogen-bond donors (Lipinski definition) is 3. The first-order valence-corrected chi connectivity index (χ1v) is 11.6. The average molecular weight is 443 g/mol. The summed E-state index contributed by atoms with van der Waals surface area (Å²) in [4.78, 5) is 38.0. The van der Waals surface area contributed by atoms with Crippen molar-refractivity contribution in [2.45, 2.75) is 69.4 Å². The first-order chi connectivity index (χ1) is 15.5. The van der Waals surface area contributed by atoms with Crippen LogP contribution in [0.4, 0.5) is 0 Å². The molecule has 1 aromatic carbocycles. The fraction of sp³-hybridized carbons (Fsp3) is 0.560. The fourth-order valence-electron chi connectivity index (χ4n) is 4.42. The molecule has 1 aliphatic carbocycles. The number of carbonyl (C=O) groups is 3. The van der Waals surface area contributed by atoms with Crippen molar-refractivity contribution in [3.05, 3.63) is 48.0 Å². The molecule has 0 aromatic heterocycles. The SMILES string of the molecule is O=C(C[C@H]1CC=CCCCC(=O)O[C@H](c2ccccc2)CNC1=O)NC1(CO)CCCC1. The van der Waals surface area contributed by atoms with Crippen molar-refractivity contribution in [3.8, 4) is 0 Å². The van der Waals surface area contributed by atoms with Gasteiger partial charge in [0.2, 0.25) is 11.8 Å². The molecule has 0 spiro atoms. The molecule has 3 rings (SSSR count). The topological polar surface area (TPSA) is 105 Å². The van der Waals surface area contributed by atoms with Gasteiger partial charge in [0.05, 0.1) is 24.6 Å². The molecule has 32 heavy (non-hydrogen) atoms. The molecule has 0 unspecified atom stereocenters. The molecule has 3 N–H and O–H groups in total. The molecule has 2 amide bonds. The minimum atomic E-state index is -0.577. The van der Waals surface area contributed by atoms with E-state index in [1.54, 1.807) is 0 Å². The van der Waals surface area contributed by atoms with E-state index in [0.717, 1.165) is 31.2 Å². The largest absolute Gasteiger partial charge is 0.456 e. The Bertz CT molecular complexity index is 802. The van der Waals surface area contributed by atoms with Gasteiger partial charge in [0.25, 0.3) is 0 Å². The summed E-state index contributed by atoms with van der Waals surface area (Å²) in [5.74, 6) is -1.28. The summed E-state index contributed by atoms with van der Waals surface area (Å²) in [6, 6.07) is 9.34. The first-order valence-electron chi connectivity index (χ1n) is 11.6. The lowest BCUT2D eigenvalue weighted by Gasteiger charge is -2.29. The number of aliphatic hydroxyl groups excluding tert-OH is 1. The zero-order valence-electron chi connectivity index (χ0n) is 18.6. The van der Waals surface area contributed by atoms with Crippen LogP contribution in [0.5, 0.6) is 0 Å². The van der Waals surface area contributed by atoms with E-state index < -0.39 is 17.6 Å². The summed E-state index contributed by atoms with van der Waals surface area (Å²) in [5.41, 5.74) is 0.258. The van der Waals surface area contributed by atoms with Crippen molar-refractivity contribution in [3.63, 3.8) is 0 Å². The van der Waals surface area contributed by atoms with E-state index in [2.05, 4.69) is 10.6 Å². The van der Waals surface area contributed by atoms with Gasteiger partial charge in [-0.1, -0.05) is 55.3 Å². The van der Waals surface area contributed by atoms with Gasteiger partial charge in [-0.3, -0.25) is 14.4 Å². The maximum Gasteiger partial charge on any atom is 0.306 e. The van der Waals surface area contributed by atoms with Crippen LogP contribution in [0.3, 0.4) is 0 Å². The predicted octanol–water partition coefficient (Wildman–Crippen LogP) is 2.94. The molecule has 174 valence electrons. The minimum Gasteiger partial charge on any atom is -0.456 e. The van der Waals surface area contributed by atoms with Gasteiger partial charge in [0.15, 0.2) is 0 Å². The maximum atomic E-state index is 13.0. The lowest BCUT2D eigenvalue weighted by atomic mass is 9.95. The Morgan fingerprint density at radius 3 is 2.59 bits per heavy atom. The molecule has 1 fully saturated rings. The van der Waals surface area contributed by atoms with Crippen LogP contribution in [0.2, 0.25) is 0 Å². The van der Waals surface area contributed by atoms with E-state index in [4.69, 9.17) is 4.74 Å². The molecule has 1 heterocycles. The maximum absolute atomic E-state index is 13.0. The number of amides is 2. The molecular weight excluding hydrogens is 408 g/mol. The lowest BCUT2D eigenvalue weighted by Crippen LogP contribution is -2.50. The van der Waals surface area contributed by atoms with E-state index in [-0.39, 0.29) is 37.4 Å². The van der Waals surface area contributed by atoms with E-state index in [9.17, 15) is 19.5 Å². The summed E-state index contributed by atoms with van der Waals surface area (Å²) in [5, 5.41) is 15.6. The number of cyclic esters (lactones) is 1. The minimum absolute atomic E-state index is 0.0493. The van der Waals surface area contributed by atoms with Gasteiger partial charge in [-0.15, -0.1) is 0 Å². The van der Waals surface area contributed by atoms with Crippen LogP contribution in [0.15, 0.2) is 42.5 Å². The van der Waals surface area contributed by atoms with Gasteiger partial charge in [0.1, 0.15) is 6.10 Å². The zero-order valence-corrected chi connectivity index (χ0v) is 18.6. The third kappa shape index (κ3) is 6.92. The highest BCUT2D eigenvalue weighted by Gasteiger charge is 2.35. The summed E-state index contributed by atoms with van der Waals surface area (Å²) in [6.07, 6.45) is 8.94. The fourth-order valence-corrected chi connectivity index (χ4v) is 4.42. The third-order valence-corrected chi connectivity index (χ3v) is 6.32. The van der Waals surface area contributed by atoms with Crippen molar-refractivity contribution in [1.82, 2.24) is 10.6 Å². The molecular formula is C25H34N2O5. The Hall–Kier alpha value is -2.67. The van der Waals surface area contributed by atoms with Crippen molar-refractivity contribution >= 4 is 17.8 Å². The van der Waals surface area contributed by atoms with Gasteiger partial charge >= 0.3 is 5.97 Å². The van der Waals surface area contributed by atoms with Crippen LogP contribution >= 0.6 is 0 Å². The van der Waals surface area contributed by atoms with E-state index in [0.29, 0.717) is 25.7 Å². The second-order valence-electron chi connectivity index (χ2n) is 8.83. The number of carbonyl (C=O) groups excluding carboxylic acids is 3. The number of aliphatic hydroxyl groups is 1. The molecule has 0 radical (unpaired) electrons.